The third-order valence-electron chi connectivity index (χ3n) is 5.63. The van der Waals surface area contributed by atoms with E-state index in [2.05, 4.69) is 10.1 Å². The van der Waals surface area contributed by atoms with Gasteiger partial charge in [-0.05, 0) is 47.3 Å². The predicted octanol–water partition coefficient (Wildman–Crippen LogP) is 5.10. The monoisotopic (exact) mass is 515 g/mol. The number of fused-ring (bicyclic) bond motifs is 3. The largest absolute Gasteiger partial charge is 0.493 e. The molecule has 0 unspecified atom stereocenters. The van der Waals surface area contributed by atoms with Crippen molar-refractivity contribution in [2.75, 3.05) is 13.7 Å². The van der Waals surface area contributed by atoms with Gasteiger partial charge >= 0.3 is 18.1 Å². The molecule has 1 aliphatic heterocycles. The van der Waals surface area contributed by atoms with Gasteiger partial charge < -0.3 is 14.6 Å². The Labute approximate surface area is 205 Å². The van der Waals surface area contributed by atoms with E-state index in [-0.39, 0.29) is 28.2 Å². The Morgan fingerprint density at radius 2 is 1.94 bits per heavy atom. The summed E-state index contributed by atoms with van der Waals surface area (Å²) in [5, 5.41) is 15.4. The first-order valence-corrected chi connectivity index (χ1v) is 11.4. The first-order chi connectivity index (χ1) is 17.2. The lowest BCUT2D eigenvalue weighted by Gasteiger charge is -2.15. The minimum Gasteiger partial charge on any atom is -0.493 e. The molecule has 0 radical (unpaired) electrons. The molecule has 0 saturated heterocycles. The van der Waals surface area contributed by atoms with Crippen molar-refractivity contribution in [2.45, 2.75) is 12.6 Å². The number of pyridine rings is 1. The third-order valence-corrected chi connectivity index (χ3v) is 6.62. The summed E-state index contributed by atoms with van der Waals surface area (Å²) in [4.78, 5) is 30.0. The number of nitrogens with zero attached hydrogens (tertiary/aromatic N) is 3. The number of methoxy groups -OCH3 is 1. The molecule has 0 atom stereocenters. The van der Waals surface area contributed by atoms with E-state index < -0.39 is 23.8 Å². The van der Waals surface area contributed by atoms with Crippen LogP contribution in [0, 0.1) is 0 Å². The fourth-order valence-electron chi connectivity index (χ4n) is 3.97. The van der Waals surface area contributed by atoms with Crippen LogP contribution in [0.2, 0.25) is 0 Å². The third kappa shape index (κ3) is 4.09. The van der Waals surface area contributed by atoms with Gasteiger partial charge in [0.15, 0.2) is 17.2 Å². The van der Waals surface area contributed by atoms with Gasteiger partial charge in [-0.2, -0.15) is 18.3 Å². The standard InChI is InChI=1S/C24H16F3N3O5S/c1-34-23(33)20-13(2-3-19(28-20)30-7-4-18(29-30)24(25,26)27)14-11-17-16(10-15(14)22(31)32)21-12(5-8-35-17)6-9-36-21/h2-4,6-7,9-11H,5,8H2,1H3,(H,31,32). The summed E-state index contributed by atoms with van der Waals surface area (Å²) in [5.74, 6) is -1.78. The molecule has 12 heteroatoms. The van der Waals surface area contributed by atoms with Crippen LogP contribution >= 0.6 is 11.3 Å². The summed E-state index contributed by atoms with van der Waals surface area (Å²) in [6.07, 6.45) is -2.95. The lowest BCUT2D eigenvalue weighted by molar-refractivity contribution is -0.141. The van der Waals surface area contributed by atoms with Crippen molar-refractivity contribution in [1.29, 1.82) is 0 Å². The minimum atomic E-state index is -4.66. The maximum atomic E-state index is 13.0. The van der Waals surface area contributed by atoms with Crippen molar-refractivity contribution in [2.24, 2.45) is 0 Å². The number of thiophene rings is 1. The normalized spacial score (nSPS) is 12.8. The molecular weight excluding hydrogens is 499 g/mol. The van der Waals surface area contributed by atoms with Crippen molar-refractivity contribution in [3.63, 3.8) is 0 Å². The van der Waals surface area contributed by atoms with E-state index in [1.54, 1.807) is 0 Å². The second-order valence-electron chi connectivity index (χ2n) is 7.77. The van der Waals surface area contributed by atoms with Crippen LogP contribution in [-0.4, -0.2) is 45.5 Å². The van der Waals surface area contributed by atoms with Gasteiger partial charge in [0.1, 0.15) is 5.75 Å². The van der Waals surface area contributed by atoms with E-state index in [9.17, 15) is 27.9 Å². The summed E-state index contributed by atoms with van der Waals surface area (Å²) < 4.78 is 50.6. The van der Waals surface area contributed by atoms with Crippen LogP contribution in [0.15, 0.2) is 48.0 Å². The van der Waals surface area contributed by atoms with Crippen LogP contribution in [0.25, 0.3) is 27.4 Å². The molecule has 4 aromatic rings. The van der Waals surface area contributed by atoms with Gasteiger partial charge in [0, 0.05) is 34.2 Å². The molecule has 1 aliphatic rings. The molecule has 0 aliphatic carbocycles. The number of hydrogen-bond donors (Lipinski definition) is 1. The van der Waals surface area contributed by atoms with Crippen LogP contribution in [0.5, 0.6) is 5.75 Å². The number of aromatic carboxylic acids is 1. The second kappa shape index (κ2) is 8.79. The molecule has 5 rings (SSSR count). The summed E-state index contributed by atoms with van der Waals surface area (Å²) in [6.45, 7) is 0.379. The number of carbonyl (C=O) groups is 2. The molecule has 1 aromatic carbocycles. The molecule has 0 fully saturated rings. The van der Waals surface area contributed by atoms with E-state index >= 15 is 0 Å². The molecular formula is C24H16F3N3O5S. The number of alkyl halides is 3. The summed E-state index contributed by atoms with van der Waals surface area (Å²) >= 11 is 1.47. The summed E-state index contributed by atoms with van der Waals surface area (Å²) in [5.41, 5.74) is 0.423. The number of benzene rings is 1. The first-order valence-electron chi connectivity index (χ1n) is 10.5. The van der Waals surface area contributed by atoms with Crippen molar-refractivity contribution < 1.29 is 37.3 Å². The Morgan fingerprint density at radius 1 is 1.14 bits per heavy atom. The highest BCUT2D eigenvalue weighted by Gasteiger charge is 2.34. The van der Waals surface area contributed by atoms with Gasteiger partial charge in [-0.25, -0.2) is 19.3 Å². The average Bonchev–Trinajstić information content (AvgIpc) is 3.50. The molecule has 0 saturated carbocycles. The number of carboxylic acid groups (broad SMARTS) is 1. The number of esters is 1. The molecule has 1 N–H and O–H groups in total. The minimum absolute atomic E-state index is 0.0826. The Hall–Kier alpha value is -4.19. The molecule has 0 bridgehead atoms. The number of ether oxygens (including phenoxy) is 2. The molecule has 0 spiro atoms. The van der Waals surface area contributed by atoms with Crippen molar-refractivity contribution in [3.8, 4) is 33.1 Å². The number of halogens is 3. The fraction of sp³-hybridized carbons (Fsp3) is 0.167. The van der Waals surface area contributed by atoms with Gasteiger partial charge in [0.2, 0.25) is 0 Å². The lowest BCUT2D eigenvalue weighted by atomic mass is 9.94. The zero-order valence-corrected chi connectivity index (χ0v) is 19.3. The Kier molecular flexibility index (Phi) is 5.75. The molecule has 0 amide bonds. The van der Waals surface area contributed by atoms with Gasteiger partial charge in [-0.3, -0.25) is 0 Å². The maximum Gasteiger partial charge on any atom is 0.435 e. The van der Waals surface area contributed by atoms with Crippen molar-refractivity contribution in [1.82, 2.24) is 14.8 Å². The van der Waals surface area contributed by atoms with Crippen LogP contribution < -0.4 is 4.74 Å². The average molecular weight is 515 g/mol. The number of hydrogen-bond acceptors (Lipinski definition) is 7. The smallest absolute Gasteiger partial charge is 0.435 e. The number of carbonyl (C=O) groups excluding carboxylic acids is 1. The Balaban J connectivity index is 1.68. The van der Waals surface area contributed by atoms with E-state index in [0.717, 1.165) is 34.5 Å². The second-order valence-corrected chi connectivity index (χ2v) is 8.69. The molecule has 8 nitrogen and oxygen atoms in total. The molecule has 36 heavy (non-hydrogen) atoms. The molecule has 184 valence electrons. The van der Waals surface area contributed by atoms with Gasteiger partial charge in [0.05, 0.1) is 19.3 Å². The Bertz CT molecular complexity index is 1510. The number of carboxylic acids is 1. The number of aromatic nitrogens is 3. The fourth-order valence-corrected chi connectivity index (χ4v) is 4.94. The highest BCUT2D eigenvalue weighted by molar-refractivity contribution is 7.13. The Morgan fingerprint density at radius 3 is 2.64 bits per heavy atom. The van der Waals surface area contributed by atoms with E-state index in [0.29, 0.717) is 24.3 Å². The van der Waals surface area contributed by atoms with Gasteiger partial charge in [-0.15, -0.1) is 11.3 Å². The van der Waals surface area contributed by atoms with Crippen LogP contribution in [0.4, 0.5) is 13.2 Å². The van der Waals surface area contributed by atoms with Crippen LogP contribution in [0.1, 0.15) is 32.1 Å². The van der Waals surface area contributed by atoms with Gasteiger partial charge in [-0.1, -0.05) is 0 Å². The quantitative estimate of drug-likeness (QED) is 0.377. The summed E-state index contributed by atoms with van der Waals surface area (Å²) in [6, 6.07) is 8.50. The highest BCUT2D eigenvalue weighted by Crippen LogP contribution is 2.43. The van der Waals surface area contributed by atoms with E-state index in [4.69, 9.17) is 9.47 Å². The van der Waals surface area contributed by atoms with Crippen molar-refractivity contribution >= 4 is 23.3 Å². The van der Waals surface area contributed by atoms with E-state index in [1.165, 1.54) is 35.6 Å². The zero-order valence-electron chi connectivity index (χ0n) is 18.5. The van der Waals surface area contributed by atoms with E-state index in [1.807, 2.05) is 11.4 Å². The molecule has 3 aromatic heterocycles. The van der Waals surface area contributed by atoms with Gasteiger partial charge in [0.25, 0.3) is 0 Å². The van der Waals surface area contributed by atoms with Crippen molar-refractivity contribution in [3.05, 3.63) is 70.5 Å². The summed E-state index contributed by atoms with van der Waals surface area (Å²) in [7, 11) is 1.12. The van der Waals surface area contributed by atoms with Crippen LogP contribution in [0.3, 0.4) is 0 Å². The number of rotatable bonds is 4. The lowest BCUT2D eigenvalue weighted by Crippen LogP contribution is -2.12. The predicted molar refractivity (Wildman–Crippen MR) is 123 cm³/mol. The highest BCUT2D eigenvalue weighted by atomic mass is 32.1. The topological polar surface area (TPSA) is 104 Å². The maximum absolute atomic E-state index is 13.0. The zero-order chi connectivity index (χ0) is 25.6. The first kappa shape index (κ1) is 23.5. The van der Waals surface area contributed by atoms with Crippen LogP contribution in [-0.2, 0) is 17.3 Å². The molecule has 4 heterocycles. The SMILES string of the molecule is COC(=O)c1nc(-n2ccc(C(F)(F)F)n2)ccc1-c1cc2c(cc1C(=O)O)-c1sccc1CCO2.